The Balaban J connectivity index is 2.12. The molecule has 6 heteroatoms. The van der Waals surface area contributed by atoms with Crippen molar-refractivity contribution in [2.45, 2.75) is 24.9 Å². The third-order valence-electron chi connectivity index (χ3n) is 3.78. The zero-order chi connectivity index (χ0) is 15.6. The van der Waals surface area contributed by atoms with Gasteiger partial charge in [0.25, 0.3) is 0 Å². The molecule has 1 aliphatic carbocycles. The molecule has 0 heterocycles. The van der Waals surface area contributed by atoms with Crippen molar-refractivity contribution in [1.82, 2.24) is 10.2 Å². The van der Waals surface area contributed by atoms with E-state index in [1.807, 2.05) is 0 Å². The molecule has 3 N–H and O–H groups in total. The van der Waals surface area contributed by atoms with Crippen LogP contribution in [0.1, 0.15) is 24.4 Å². The van der Waals surface area contributed by atoms with Gasteiger partial charge in [-0.25, -0.2) is 4.39 Å². The maximum atomic E-state index is 14.0. The number of halogens is 2. The molecule has 1 saturated carbocycles. The van der Waals surface area contributed by atoms with Gasteiger partial charge in [-0.2, -0.15) is 0 Å². The Morgan fingerprint density at radius 3 is 2.71 bits per heavy atom. The highest BCUT2D eigenvalue weighted by Crippen LogP contribution is 2.32. The Morgan fingerprint density at radius 1 is 1.52 bits per heavy atom. The van der Waals surface area contributed by atoms with E-state index in [9.17, 15) is 9.18 Å². The normalized spacial score (nSPS) is 17.6. The van der Waals surface area contributed by atoms with Gasteiger partial charge in [0, 0.05) is 23.2 Å². The van der Waals surface area contributed by atoms with Crippen molar-refractivity contribution >= 4 is 17.5 Å². The lowest BCUT2D eigenvalue weighted by molar-refractivity contribution is -0.125. The molecule has 2 rings (SSSR count). The van der Waals surface area contributed by atoms with Crippen molar-refractivity contribution in [1.29, 1.82) is 0 Å². The molecular formula is C15H21ClFN3O. The van der Waals surface area contributed by atoms with Crippen molar-refractivity contribution in [3.8, 4) is 0 Å². The largest absolute Gasteiger partial charge is 0.353 e. The van der Waals surface area contributed by atoms with E-state index in [4.69, 9.17) is 17.3 Å². The molecule has 0 aromatic heterocycles. The molecular weight excluding hydrogens is 293 g/mol. The van der Waals surface area contributed by atoms with Gasteiger partial charge in [-0.15, -0.1) is 0 Å². The number of nitrogens with zero attached hydrogens (tertiary/aromatic N) is 1. The Morgan fingerprint density at radius 2 is 2.19 bits per heavy atom. The molecule has 21 heavy (non-hydrogen) atoms. The van der Waals surface area contributed by atoms with Gasteiger partial charge in [-0.3, -0.25) is 9.69 Å². The summed E-state index contributed by atoms with van der Waals surface area (Å²) < 4.78 is 14.0. The first-order valence-electron chi connectivity index (χ1n) is 7.05. The van der Waals surface area contributed by atoms with E-state index in [0.717, 1.165) is 12.8 Å². The molecule has 4 nitrogen and oxygen atoms in total. The van der Waals surface area contributed by atoms with E-state index < -0.39 is 11.9 Å². The second kappa shape index (κ2) is 6.73. The fourth-order valence-electron chi connectivity index (χ4n) is 2.40. The quantitative estimate of drug-likeness (QED) is 0.844. The van der Waals surface area contributed by atoms with Gasteiger partial charge in [0.15, 0.2) is 0 Å². The van der Waals surface area contributed by atoms with Crippen LogP contribution in [0.15, 0.2) is 18.2 Å². The predicted molar refractivity (Wildman–Crippen MR) is 81.5 cm³/mol. The van der Waals surface area contributed by atoms with Crippen LogP contribution in [0.2, 0.25) is 5.02 Å². The molecule has 2 unspecified atom stereocenters. The molecule has 1 aliphatic rings. The van der Waals surface area contributed by atoms with Gasteiger partial charge < -0.3 is 11.1 Å². The molecule has 1 aromatic carbocycles. The fourth-order valence-corrected chi connectivity index (χ4v) is 2.67. The molecule has 1 amide bonds. The van der Waals surface area contributed by atoms with Crippen LogP contribution in [-0.2, 0) is 4.79 Å². The monoisotopic (exact) mass is 313 g/mol. The van der Waals surface area contributed by atoms with Crippen molar-refractivity contribution in [3.63, 3.8) is 0 Å². The maximum Gasteiger partial charge on any atom is 0.242 e. The number of hydrogen-bond donors (Lipinski definition) is 2. The summed E-state index contributed by atoms with van der Waals surface area (Å²) in [5, 5.41) is 3.05. The number of hydrogen-bond acceptors (Lipinski definition) is 3. The minimum Gasteiger partial charge on any atom is -0.353 e. The van der Waals surface area contributed by atoms with Gasteiger partial charge in [0.2, 0.25) is 5.91 Å². The third-order valence-corrected chi connectivity index (χ3v) is 4.11. The predicted octanol–water partition coefficient (Wildman–Crippen LogP) is 1.94. The SMILES string of the molecule is CN(C)C(C(=O)NCC(N)C1CC1)c1c(F)cccc1Cl. The number of nitrogens with one attached hydrogen (secondary N) is 1. The lowest BCUT2D eigenvalue weighted by atomic mass is 10.0. The van der Waals surface area contributed by atoms with Gasteiger partial charge in [-0.1, -0.05) is 17.7 Å². The van der Waals surface area contributed by atoms with E-state index in [1.54, 1.807) is 25.1 Å². The summed E-state index contributed by atoms with van der Waals surface area (Å²) in [4.78, 5) is 14.0. The highest BCUT2D eigenvalue weighted by atomic mass is 35.5. The van der Waals surface area contributed by atoms with Crippen LogP contribution in [0.5, 0.6) is 0 Å². The van der Waals surface area contributed by atoms with Crippen LogP contribution in [0.3, 0.4) is 0 Å². The van der Waals surface area contributed by atoms with E-state index >= 15 is 0 Å². The third kappa shape index (κ3) is 3.93. The number of benzene rings is 1. The first kappa shape index (κ1) is 16.2. The van der Waals surface area contributed by atoms with E-state index in [2.05, 4.69) is 5.32 Å². The molecule has 0 spiro atoms. The topological polar surface area (TPSA) is 58.4 Å². The lowest BCUT2D eigenvalue weighted by Gasteiger charge is -2.25. The van der Waals surface area contributed by atoms with Crippen LogP contribution in [0.4, 0.5) is 4.39 Å². The van der Waals surface area contributed by atoms with Crippen molar-refractivity contribution in [3.05, 3.63) is 34.6 Å². The highest BCUT2D eigenvalue weighted by Gasteiger charge is 2.31. The lowest BCUT2D eigenvalue weighted by Crippen LogP contribution is -2.43. The average Bonchev–Trinajstić information content (AvgIpc) is 3.24. The highest BCUT2D eigenvalue weighted by molar-refractivity contribution is 6.31. The molecule has 2 atom stereocenters. The Hall–Kier alpha value is -1.17. The molecule has 0 saturated heterocycles. The number of amides is 1. The van der Waals surface area contributed by atoms with E-state index in [-0.39, 0.29) is 22.5 Å². The number of nitrogens with two attached hydrogens (primary N) is 1. The Kier molecular flexibility index (Phi) is 5.19. The molecule has 1 fully saturated rings. The zero-order valence-electron chi connectivity index (χ0n) is 12.3. The van der Waals surface area contributed by atoms with Gasteiger partial charge in [-0.05, 0) is 45.0 Å². The standard InChI is InChI=1S/C15H21ClFN3O/c1-20(2)14(13-10(16)4-3-5-11(13)17)15(21)19-8-12(18)9-6-7-9/h3-5,9,12,14H,6-8,18H2,1-2H3,(H,19,21). The average molecular weight is 314 g/mol. The first-order valence-corrected chi connectivity index (χ1v) is 7.43. The minimum atomic E-state index is -0.773. The summed E-state index contributed by atoms with van der Waals surface area (Å²) in [5.41, 5.74) is 6.17. The maximum absolute atomic E-state index is 14.0. The zero-order valence-corrected chi connectivity index (χ0v) is 13.0. The summed E-state index contributed by atoms with van der Waals surface area (Å²) in [7, 11) is 3.43. The van der Waals surface area contributed by atoms with Crippen molar-refractivity contribution in [2.75, 3.05) is 20.6 Å². The number of rotatable bonds is 6. The second-order valence-corrected chi connectivity index (χ2v) is 6.16. The van der Waals surface area contributed by atoms with Crippen LogP contribution < -0.4 is 11.1 Å². The first-order chi connectivity index (χ1) is 9.91. The molecule has 116 valence electrons. The Labute approximate surface area is 129 Å². The van der Waals surface area contributed by atoms with Crippen LogP contribution >= 0.6 is 11.6 Å². The van der Waals surface area contributed by atoms with Crippen LogP contribution in [0.25, 0.3) is 0 Å². The molecule has 0 radical (unpaired) electrons. The smallest absolute Gasteiger partial charge is 0.242 e. The van der Waals surface area contributed by atoms with Crippen LogP contribution in [-0.4, -0.2) is 37.5 Å². The molecule has 0 bridgehead atoms. The number of carbonyl (C=O) groups excluding carboxylic acids is 1. The summed E-state index contributed by atoms with van der Waals surface area (Å²) in [6.45, 7) is 0.403. The molecule has 0 aliphatic heterocycles. The van der Waals surface area contributed by atoms with E-state index in [0.29, 0.717) is 12.5 Å². The number of likely N-dealkylation sites (N-methyl/N-ethyl adjacent to an activating group) is 1. The van der Waals surface area contributed by atoms with Crippen molar-refractivity contribution in [2.24, 2.45) is 11.7 Å². The summed E-state index contributed by atoms with van der Waals surface area (Å²) in [6.07, 6.45) is 2.24. The summed E-state index contributed by atoms with van der Waals surface area (Å²) in [6, 6.07) is 3.60. The second-order valence-electron chi connectivity index (χ2n) is 5.75. The van der Waals surface area contributed by atoms with Crippen molar-refractivity contribution < 1.29 is 9.18 Å². The van der Waals surface area contributed by atoms with Gasteiger partial charge in [0.05, 0.1) is 0 Å². The van der Waals surface area contributed by atoms with Gasteiger partial charge >= 0.3 is 0 Å². The summed E-state index contributed by atoms with van der Waals surface area (Å²) >= 11 is 6.06. The Bertz CT molecular complexity index is 499. The summed E-state index contributed by atoms with van der Waals surface area (Å²) in [5.74, 6) is -0.272. The fraction of sp³-hybridized carbons (Fsp3) is 0.533. The number of carbonyl (C=O) groups is 1. The van der Waals surface area contributed by atoms with Gasteiger partial charge in [0.1, 0.15) is 11.9 Å². The molecule has 1 aromatic rings. The van der Waals surface area contributed by atoms with Crippen LogP contribution in [0, 0.1) is 11.7 Å². The van der Waals surface area contributed by atoms with E-state index in [1.165, 1.54) is 12.1 Å². The minimum absolute atomic E-state index is 0.0344.